The third-order valence-corrected chi connectivity index (χ3v) is 4.62. The number of hydrogen-bond acceptors (Lipinski definition) is 4. The van der Waals surface area contributed by atoms with Gasteiger partial charge in [-0.1, -0.05) is 54.1 Å². The molecule has 4 rings (SSSR count). The number of rotatable bonds is 5. The molecule has 0 spiro atoms. The molecule has 0 aliphatic rings. The first-order valence-corrected chi connectivity index (χ1v) is 8.89. The van der Waals surface area contributed by atoms with Crippen molar-refractivity contribution < 1.29 is 0 Å². The summed E-state index contributed by atoms with van der Waals surface area (Å²) < 4.78 is 1.85. The fourth-order valence-corrected chi connectivity index (χ4v) is 3.18. The maximum Gasteiger partial charge on any atom is 0.278 e. The van der Waals surface area contributed by atoms with E-state index in [1.54, 1.807) is 6.33 Å². The summed E-state index contributed by atoms with van der Waals surface area (Å²) in [7, 11) is 0. The molecule has 0 atom stereocenters. The second-order valence-corrected chi connectivity index (χ2v) is 6.73. The highest BCUT2D eigenvalue weighted by Crippen LogP contribution is 2.15. The van der Waals surface area contributed by atoms with Gasteiger partial charge in [0, 0.05) is 13.1 Å². The summed E-state index contributed by atoms with van der Waals surface area (Å²) in [4.78, 5) is 24.2. The van der Waals surface area contributed by atoms with Crippen LogP contribution >= 0.6 is 0 Å². The second-order valence-electron chi connectivity index (χ2n) is 6.73. The van der Waals surface area contributed by atoms with Crippen molar-refractivity contribution in [1.29, 1.82) is 0 Å². The van der Waals surface area contributed by atoms with Crippen LogP contribution < -0.4 is 10.9 Å². The molecule has 0 saturated carbocycles. The van der Waals surface area contributed by atoms with Gasteiger partial charge in [0.25, 0.3) is 5.56 Å². The van der Waals surface area contributed by atoms with Crippen LogP contribution in [0.2, 0.25) is 0 Å². The average molecular weight is 359 g/mol. The van der Waals surface area contributed by atoms with E-state index in [0.717, 1.165) is 11.1 Å². The van der Waals surface area contributed by atoms with Crippen LogP contribution in [0.25, 0.3) is 11.2 Å². The lowest BCUT2D eigenvalue weighted by atomic mass is 10.1. The molecule has 2 heterocycles. The van der Waals surface area contributed by atoms with Crippen molar-refractivity contribution in [3.8, 4) is 0 Å². The molecule has 2 aromatic carbocycles. The predicted molar refractivity (Wildman–Crippen MR) is 107 cm³/mol. The summed E-state index contributed by atoms with van der Waals surface area (Å²) >= 11 is 0. The van der Waals surface area contributed by atoms with Gasteiger partial charge in [-0.25, -0.2) is 4.98 Å². The molecule has 2 aromatic heterocycles. The van der Waals surface area contributed by atoms with E-state index in [4.69, 9.17) is 0 Å². The normalized spacial score (nSPS) is 11.0. The van der Waals surface area contributed by atoms with E-state index in [0.29, 0.717) is 30.2 Å². The van der Waals surface area contributed by atoms with Gasteiger partial charge in [-0.3, -0.25) is 9.78 Å². The van der Waals surface area contributed by atoms with Gasteiger partial charge in [0.2, 0.25) is 5.95 Å². The molecular formula is C21H21N5O. The highest BCUT2D eigenvalue weighted by Gasteiger charge is 2.11. The smallest absolute Gasteiger partial charge is 0.278 e. The van der Waals surface area contributed by atoms with E-state index in [1.807, 2.05) is 34.9 Å². The molecule has 27 heavy (non-hydrogen) atoms. The van der Waals surface area contributed by atoms with Crippen molar-refractivity contribution >= 4 is 17.1 Å². The monoisotopic (exact) mass is 359 g/mol. The number of anilines is 1. The second kappa shape index (κ2) is 7.07. The van der Waals surface area contributed by atoms with Crippen LogP contribution in [0.15, 0.2) is 59.7 Å². The van der Waals surface area contributed by atoms with Gasteiger partial charge in [0.05, 0.1) is 6.33 Å². The third kappa shape index (κ3) is 3.60. The molecule has 0 radical (unpaired) electrons. The highest BCUT2D eigenvalue weighted by atomic mass is 16.1. The first-order valence-electron chi connectivity index (χ1n) is 8.89. The Kier molecular flexibility index (Phi) is 4.46. The van der Waals surface area contributed by atoms with Gasteiger partial charge in [-0.05, 0) is 30.5 Å². The molecular weight excluding hydrogens is 338 g/mol. The van der Waals surface area contributed by atoms with Crippen LogP contribution in [0.4, 0.5) is 5.95 Å². The van der Waals surface area contributed by atoms with Crippen LogP contribution in [-0.4, -0.2) is 19.5 Å². The topological polar surface area (TPSA) is 75.6 Å². The summed E-state index contributed by atoms with van der Waals surface area (Å²) in [5, 5.41) is 3.15. The number of H-pyrrole nitrogens is 1. The number of fused-ring (bicyclic) bond motifs is 1. The molecule has 0 fully saturated rings. The molecule has 0 bridgehead atoms. The molecule has 136 valence electrons. The fraction of sp³-hybridized carbons (Fsp3) is 0.190. The van der Waals surface area contributed by atoms with Crippen LogP contribution in [-0.2, 0) is 13.1 Å². The standard InChI is InChI=1S/C21H21N5O/c1-14-8-9-17(15(2)10-14)12-26-13-23-19-18(26)20(27)25-21(24-19)22-11-16-6-4-3-5-7-16/h3-10,13H,11-12H2,1-2H3,(H2,22,24,25,27). The van der Waals surface area contributed by atoms with E-state index >= 15 is 0 Å². The number of aryl methyl sites for hydroxylation is 2. The first kappa shape index (κ1) is 17.0. The van der Waals surface area contributed by atoms with Crippen molar-refractivity contribution in [2.24, 2.45) is 0 Å². The van der Waals surface area contributed by atoms with Crippen molar-refractivity contribution in [2.75, 3.05) is 5.32 Å². The molecule has 6 heteroatoms. The Hall–Kier alpha value is -3.41. The van der Waals surface area contributed by atoms with Crippen molar-refractivity contribution in [2.45, 2.75) is 26.9 Å². The lowest BCUT2D eigenvalue weighted by molar-refractivity contribution is 0.813. The zero-order valence-electron chi connectivity index (χ0n) is 15.4. The van der Waals surface area contributed by atoms with Gasteiger partial charge >= 0.3 is 0 Å². The largest absolute Gasteiger partial charge is 0.352 e. The fourth-order valence-electron chi connectivity index (χ4n) is 3.18. The number of nitrogens with one attached hydrogen (secondary N) is 2. The van der Waals surface area contributed by atoms with E-state index in [1.165, 1.54) is 11.1 Å². The number of hydrogen-bond donors (Lipinski definition) is 2. The lowest BCUT2D eigenvalue weighted by Gasteiger charge is -2.09. The molecule has 0 saturated heterocycles. The SMILES string of the molecule is Cc1ccc(Cn2cnc3nc(NCc4ccccc4)[nH]c(=O)c32)c(C)c1. The Morgan fingerprint density at radius 1 is 1.11 bits per heavy atom. The van der Waals surface area contributed by atoms with Crippen LogP contribution in [0.5, 0.6) is 0 Å². The molecule has 2 N–H and O–H groups in total. The van der Waals surface area contributed by atoms with Gasteiger partial charge in [-0.15, -0.1) is 0 Å². The highest BCUT2D eigenvalue weighted by molar-refractivity contribution is 5.71. The molecule has 6 nitrogen and oxygen atoms in total. The van der Waals surface area contributed by atoms with Crippen LogP contribution in [0, 0.1) is 13.8 Å². The van der Waals surface area contributed by atoms with Crippen molar-refractivity contribution in [3.63, 3.8) is 0 Å². The van der Waals surface area contributed by atoms with Crippen LogP contribution in [0.3, 0.4) is 0 Å². The van der Waals surface area contributed by atoms with Crippen molar-refractivity contribution in [1.82, 2.24) is 19.5 Å². The molecule has 0 amide bonds. The quantitative estimate of drug-likeness (QED) is 0.573. The summed E-state index contributed by atoms with van der Waals surface area (Å²) in [6.07, 6.45) is 1.67. The number of benzene rings is 2. The van der Waals surface area contributed by atoms with Crippen molar-refractivity contribution in [3.05, 3.63) is 87.5 Å². The zero-order chi connectivity index (χ0) is 18.8. The Morgan fingerprint density at radius 2 is 1.93 bits per heavy atom. The predicted octanol–water partition coefficient (Wildman–Crippen LogP) is 3.40. The molecule has 4 aromatic rings. The Bertz CT molecular complexity index is 1140. The summed E-state index contributed by atoms with van der Waals surface area (Å²) in [5.74, 6) is 0.424. The molecule has 0 unspecified atom stereocenters. The minimum Gasteiger partial charge on any atom is -0.352 e. The minimum absolute atomic E-state index is 0.196. The van der Waals surface area contributed by atoms with Gasteiger partial charge in [0.1, 0.15) is 0 Å². The average Bonchev–Trinajstić information content (AvgIpc) is 3.06. The number of imidazole rings is 1. The van der Waals surface area contributed by atoms with Gasteiger partial charge in [0.15, 0.2) is 11.2 Å². The Balaban J connectivity index is 1.60. The van der Waals surface area contributed by atoms with E-state index in [2.05, 4.69) is 52.3 Å². The maximum absolute atomic E-state index is 12.6. The summed E-state index contributed by atoms with van der Waals surface area (Å²) in [6.45, 7) is 5.32. The maximum atomic E-state index is 12.6. The number of aromatic amines is 1. The van der Waals surface area contributed by atoms with Gasteiger partial charge in [-0.2, -0.15) is 4.98 Å². The summed E-state index contributed by atoms with van der Waals surface area (Å²) in [5.41, 5.74) is 5.42. The minimum atomic E-state index is -0.196. The van der Waals surface area contributed by atoms with E-state index in [-0.39, 0.29) is 5.56 Å². The van der Waals surface area contributed by atoms with Gasteiger partial charge < -0.3 is 9.88 Å². The molecule has 0 aliphatic carbocycles. The first-order chi connectivity index (χ1) is 13.1. The van der Waals surface area contributed by atoms with E-state index in [9.17, 15) is 4.79 Å². The Labute approximate surface area is 156 Å². The molecule has 0 aliphatic heterocycles. The zero-order valence-corrected chi connectivity index (χ0v) is 15.4. The number of nitrogens with zero attached hydrogens (tertiary/aromatic N) is 3. The van der Waals surface area contributed by atoms with E-state index < -0.39 is 0 Å². The Morgan fingerprint density at radius 3 is 2.70 bits per heavy atom. The summed E-state index contributed by atoms with van der Waals surface area (Å²) in [6, 6.07) is 16.3. The lowest BCUT2D eigenvalue weighted by Crippen LogP contribution is -2.16. The number of aromatic nitrogens is 4. The van der Waals surface area contributed by atoms with Crippen LogP contribution in [0.1, 0.15) is 22.3 Å². The third-order valence-electron chi connectivity index (χ3n) is 4.62.